The van der Waals surface area contributed by atoms with Gasteiger partial charge in [0.2, 0.25) is 5.43 Å². The van der Waals surface area contributed by atoms with Crippen LogP contribution in [0.4, 0.5) is 14.5 Å². The van der Waals surface area contributed by atoms with Crippen molar-refractivity contribution >= 4 is 33.9 Å². The number of nitrogens with zero attached hydrogens (tertiary/aromatic N) is 1. The number of nitrogens with two attached hydrogens (primary N) is 2. The highest BCUT2D eigenvalue weighted by atomic mass is 32.1. The van der Waals surface area contributed by atoms with Crippen molar-refractivity contribution in [2.45, 2.75) is 51.6 Å². The van der Waals surface area contributed by atoms with Crippen molar-refractivity contribution in [3.05, 3.63) is 50.1 Å². The lowest BCUT2D eigenvalue weighted by Gasteiger charge is -2.35. The number of rotatable bonds is 3. The van der Waals surface area contributed by atoms with Gasteiger partial charge in [-0.1, -0.05) is 13.8 Å². The maximum Gasteiger partial charge on any atom is 0.341 e. The molecule has 6 nitrogen and oxygen atoms in total. The van der Waals surface area contributed by atoms with Crippen molar-refractivity contribution in [3.63, 3.8) is 0 Å². The van der Waals surface area contributed by atoms with Crippen LogP contribution in [0.25, 0.3) is 21.3 Å². The van der Waals surface area contributed by atoms with Crippen LogP contribution in [0, 0.1) is 17.0 Å². The molecule has 1 saturated carbocycles. The van der Waals surface area contributed by atoms with Crippen molar-refractivity contribution in [3.8, 4) is 10.4 Å². The Morgan fingerprint density at radius 1 is 1.28 bits per heavy atom. The fourth-order valence-electron chi connectivity index (χ4n) is 4.57. The molecular weight excluding hydrogens is 436 g/mol. The summed E-state index contributed by atoms with van der Waals surface area (Å²) >= 11 is 1.24. The van der Waals surface area contributed by atoms with Gasteiger partial charge in [0.05, 0.1) is 22.2 Å². The molecule has 1 unspecified atom stereocenters. The Bertz CT molecular complexity index is 1370. The van der Waals surface area contributed by atoms with Gasteiger partial charge >= 0.3 is 5.97 Å². The molecule has 5 rings (SSSR count). The molecule has 2 aromatic heterocycles. The molecule has 0 aliphatic heterocycles. The van der Waals surface area contributed by atoms with Crippen molar-refractivity contribution < 1.29 is 18.7 Å². The van der Waals surface area contributed by atoms with Crippen LogP contribution in [-0.4, -0.2) is 15.6 Å². The van der Waals surface area contributed by atoms with Crippen LogP contribution < -0.4 is 16.9 Å². The summed E-state index contributed by atoms with van der Waals surface area (Å²) in [5, 5.41) is 9.00. The zero-order valence-corrected chi connectivity index (χ0v) is 18.5. The van der Waals surface area contributed by atoms with E-state index in [9.17, 15) is 14.7 Å². The van der Waals surface area contributed by atoms with E-state index in [1.54, 1.807) is 6.07 Å². The number of aryl methyl sites for hydroxylation is 1. The van der Waals surface area contributed by atoms with Crippen LogP contribution in [0.3, 0.4) is 0 Å². The number of aromatic nitrogens is 1. The van der Waals surface area contributed by atoms with E-state index in [4.69, 9.17) is 11.5 Å². The van der Waals surface area contributed by atoms with E-state index >= 15 is 8.78 Å². The molecule has 0 amide bonds. The molecule has 0 bridgehead atoms. The number of hydrogen-bond acceptors (Lipinski definition) is 5. The number of fused-ring (bicyclic) bond motifs is 2. The minimum absolute atomic E-state index is 0.131. The van der Waals surface area contributed by atoms with Gasteiger partial charge in [-0.05, 0) is 42.7 Å². The molecule has 168 valence electrons. The van der Waals surface area contributed by atoms with E-state index in [0.717, 1.165) is 29.5 Å². The molecule has 9 heteroatoms. The van der Waals surface area contributed by atoms with E-state index in [1.165, 1.54) is 15.9 Å². The molecule has 2 aliphatic carbocycles. The van der Waals surface area contributed by atoms with Crippen molar-refractivity contribution in [2.75, 3.05) is 5.73 Å². The normalized spacial score (nSPS) is 19.8. The molecule has 1 atom stereocenters. The average Bonchev–Trinajstić information content (AvgIpc) is 3.48. The SMILES string of the molecule is CC1(C)CCc2cc(-c3c(F)c(N)c4c(=O)c(C(=O)O)cn(C5CC5)c4c3F)sc2C1N. The van der Waals surface area contributed by atoms with Crippen LogP contribution in [0.2, 0.25) is 0 Å². The highest BCUT2D eigenvalue weighted by Gasteiger charge is 2.37. The fourth-order valence-corrected chi connectivity index (χ4v) is 6.02. The zero-order chi connectivity index (χ0) is 23.1. The van der Waals surface area contributed by atoms with Crippen LogP contribution >= 0.6 is 11.3 Å². The summed E-state index contributed by atoms with van der Waals surface area (Å²) in [5.41, 5.74) is 10.8. The largest absolute Gasteiger partial charge is 0.477 e. The van der Waals surface area contributed by atoms with Gasteiger partial charge in [0.1, 0.15) is 5.56 Å². The highest BCUT2D eigenvalue weighted by molar-refractivity contribution is 7.15. The first-order chi connectivity index (χ1) is 15.0. The minimum Gasteiger partial charge on any atom is -0.477 e. The second-order valence-electron chi connectivity index (χ2n) is 9.42. The molecule has 0 radical (unpaired) electrons. The van der Waals surface area contributed by atoms with E-state index < -0.39 is 39.7 Å². The van der Waals surface area contributed by atoms with Gasteiger partial charge in [-0.3, -0.25) is 4.79 Å². The number of halogens is 2. The number of carboxylic acids is 1. The summed E-state index contributed by atoms with van der Waals surface area (Å²) in [7, 11) is 0. The summed E-state index contributed by atoms with van der Waals surface area (Å²) in [6.45, 7) is 4.15. The van der Waals surface area contributed by atoms with Gasteiger partial charge in [-0.25, -0.2) is 13.6 Å². The third-order valence-corrected chi connectivity index (χ3v) is 8.09. The molecule has 3 aromatic rings. The number of benzene rings is 1. The smallest absolute Gasteiger partial charge is 0.341 e. The Morgan fingerprint density at radius 2 is 1.97 bits per heavy atom. The van der Waals surface area contributed by atoms with Gasteiger partial charge < -0.3 is 21.1 Å². The Morgan fingerprint density at radius 3 is 2.59 bits per heavy atom. The number of aromatic carboxylic acids is 1. The quantitative estimate of drug-likeness (QED) is 0.496. The first kappa shape index (κ1) is 21.1. The summed E-state index contributed by atoms with van der Waals surface area (Å²) in [6, 6.07) is 1.35. The predicted octanol–water partition coefficient (Wildman–Crippen LogP) is 4.60. The Labute approximate surface area is 186 Å². The van der Waals surface area contributed by atoms with Crippen LogP contribution in [0.5, 0.6) is 0 Å². The van der Waals surface area contributed by atoms with Gasteiger partial charge in [0.25, 0.3) is 0 Å². The van der Waals surface area contributed by atoms with Crippen LogP contribution in [0.1, 0.15) is 66.0 Å². The maximum absolute atomic E-state index is 15.9. The predicted molar refractivity (Wildman–Crippen MR) is 120 cm³/mol. The monoisotopic (exact) mass is 459 g/mol. The third-order valence-electron chi connectivity index (χ3n) is 6.81. The van der Waals surface area contributed by atoms with Crippen LogP contribution in [-0.2, 0) is 6.42 Å². The van der Waals surface area contributed by atoms with Crippen molar-refractivity contribution in [2.24, 2.45) is 11.1 Å². The molecule has 2 aliphatic rings. The maximum atomic E-state index is 15.9. The molecule has 1 fully saturated rings. The second-order valence-corrected chi connectivity index (χ2v) is 10.5. The number of nitrogen functional groups attached to an aromatic ring is 1. The fraction of sp³-hybridized carbons (Fsp3) is 0.391. The van der Waals surface area contributed by atoms with Gasteiger partial charge in [0.15, 0.2) is 11.6 Å². The van der Waals surface area contributed by atoms with Crippen LogP contribution in [0.15, 0.2) is 17.1 Å². The van der Waals surface area contributed by atoms with Gasteiger partial charge in [0, 0.05) is 28.0 Å². The lowest BCUT2D eigenvalue weighted by Crippen LogP contribution is -2.32. The van der Waals surface area contributed by atoms with E-state index in [2.05, 4.69) is 13.8 Å². The lowest BCUT2D eigenvalue weighted by atomic mass is 9.74. The number of pyridine rings is 1. The topological polar surface area (TPSA) is 111 Å². The summed E-state index contributed by atoms with van der Waals surface area (Å²) in [6.07, 6.45) is 4.18. The molecule has 0 spiro atoms. The van der Waals surface area contributed by atoms with E-state index in [0.29, 0.717) is 17.7 Å². The molecule has 0 saturated heterocycles. The van der Waals surface area contributed by atoms with Gasteiger partial charge in [-0.15, -0.1) is 11.3 Å². The zero-order valence-electron chi connectivity index (χ0n) is 17.7. The average molecular weight is 460 g/mol. The van der Waals surface area contributed by atoms with Crippen molar-refractivity contribution in [1.82, 2.24) is 4.57 Å². The highest BCUT2D eigenvalue weighted by Crippen LogP contribution is 2.49. The first-order valence-electron chi connectivity index (χ1n) is 10.5. The standard InChI is InChI=1S/C23H23F2N3O3S/c1-23(2)6-5-9-7-12(32-20(9)21(23)27)13-15(24)17(26)14-18(16(13)25)28(10-3-4-10)8-11(19(14)29)22(30)31/h7-8,10,21H,3-6,26-27H2,1-2H3,(H,30,31). The number of hydrogen-bond donors (Lipinski definition) is 3. The minimum atomic E-state index is -1.46. The summed E-state index contributed by atoms with van der Waals surface area (Å²) in [4.78, 5) is 25.6. The lowest BCUT2D eigenvalue weighted by molar-refractivity contribution is 0.0695. The number of thiophene rings is 1. The van der Waals surface area contributed by atoms with E-state index in [-0.39, 0.29) is 28.6 Å². The van der Waals surface area contributed by atoms with Gasteiger partial charge in [-0.2, -0.15) is 0 Å². The first-order valence-corrected chi connectivity index (χ1v) is 11.3. The molecule has 1 aromatic carbocycles. The Hall–Kier alpha value is -2.78. The van der Waals surface area contributed by atoms with Crippen molar-refractivity contribution in [1.29, 1.82) is 0 Å². The third kappa shape index (κ3) is 2.91. The number of carboxylic acid groups (broad SMARTS) is 1. The molecule has 2 heterocycles. The molecular formula is C23H23F2N3O3S. The number of carbonyl (C=O) groups is 1. The summed E-state index contributed by atoms with van der Waals surface area (Å²) < 4.78 is 32.8. The summed E-state index contributed by atoms with van der Waals surface area (Å²) in [5.74, 6) is -3.42. The second kappa shape index (κ2) is 6.86. The van der Waals surface area contributed by atoms with E-state index in [1.807, 2.05) is 0 Å². The molecule has 5 N–H and O–H groups in total. The number of anilines is 1. The Balaban J connectivity index is 1.82. The Kier molecular flexibility index (Phi) is 4.52. The molecule has 32 heavy (non-hydrogen) atoms.